The van der Waals surface area contributed by atoms with Crippen molar-refractivity contribution in [1.29, 1.82) is 0 Å². The highest BCUT2D eigenvalue weighted by atomic mass is 32.2. The van der Waals surface area contributed by atoms with Crippen LogP contribution in [0.3, 0.4) is 0 Å². The Kier molecular flexibility index (Phi) is 4.97. The Morgan fingerprint density at radius 2 is 1.54 bits per heavy atom. The lowest BCUT2D eigenvalue weighted by atomic mass is 9.98. The third-order valence-electron chi connectivity index (χ3n) is 7.00. The smallest absolute Gasteiger partial charge is 0.295 e. The lowest BCUT2D eigenvalue weighted by Crippen LogP contribution is -1.99. The third kappa shape index (κ3) is 3.48. The van der Waals surface area contributed by atoms with Crippen LogP contribution in [0.25, 0.3) is 66.3 Å². The van der Waals surface area contributed by atoms with Gasteiger partial charge in [0.15, 0.2) is 0 Å². The van der Waals surface area contributed by atoms with Crippen LogP contribution in [0.2, 0.25) is 0 Å². The number of H-pyrrole nitrogens is 1. The van der Waals surface area contributed by atoms with Crippen LogP contribution in [0.1, 0.15) is 0 Å². The molecule has 0 atom stereocenters. The number of furan rings is 1. The number of imidazole rings is 1. The van der Waals surface area contributed by atoms with Crippen LogP contribution in [0, 0.1) is 0 Å². The second-order valence-corrected chi connectivity index (χ2v) is 10.6. The molecule has 8 nitrogen and oxygen atoms in total. The Hall–Kier alpha value is -4.86. The first-order valence-corrected chi connectivity index (χ1v) is 13.5. The number of hydrogen-bond donors (Lipinski definition) is 3. The summed E-state index contributed by atoms with van der Waals surface area (Å²) in [7, 11) is -3.00. The minimum Gasteiger partial charge on any atom is -0.507 e. The van der Waals surface area contributed by atoms with Gasteiger partial charge in [-0.3, -0.25) is 4.55 Å². The largest absolute Gasteiger partial charge is 0.507 e. The number of phenolic OH excluding ortho intramolecular Hbond substituents is 1. The highest BCUT2D eigenvalue weighted by Crippen LogP contribution is 2.44. The molecule has 0 aliphatic carbocycles. The van der Waals surface area contributed by atoms with Crippen molar-refractivity contribution in [1.82, 2.24) is 9.97 Å². The van der Waals surface area contributed by atoms with Crippen LogP contribution in [0.5, 0.6) is 11.5 Å². The zero-order valence-corrected chi connectivity index (χ0v) is 21.3. The molecule has 0 spiro atoms. The Bertz CT molecular complexity index is 2210. The number of phenols is 1. The maximum Gasteiger partial charge on any atom is 0.295 e. The molecule has 0 aliphatic heterocycles. The van der Waals surface area contributed by atoms with Gasteiger partial charge in [0, 0.05) is 27.3 Å². The maximum atomic E-state index is 12.2. The number of aromatic hydroxyl groups is 1. The molecule has 0 aliphatic rings. The molecular weight excluding hydrogens is 516 g/mol. The predicted molar refractivity (Wildman–Crippen MR) is 150 cm³/mol. The SMILES string of the molecule is COc1c(-c2nc3c(cc(S(=O)(=O)O)c4cccc(O)c43)[nH]2)cccc1-c1cccc2c1oc1ccccc12. The fourth-order valence-corrected chi connectivity index (χ4v) is 6.06. The van der Waals surface area contributed by atoms with Crippen LogP contribution in [0.15, 0.2) is 94.2 Å². The van der Waals surface area contributed by atoms with Crippen LogP contribution in [-0.4, -0.2) is 35.2 Å². The molecule has 0 fully saturated rings. The number of nitrogens with zero attached hydrogens (tertiary/aromatic N) is 1. The van der Waals surface area contributed by atoms with Gasteiger partial charge in [0.05, 0.1) is 23.6 Å². The van der Waals surface area contributed by atoms with E-state index < -0.39 is 10.1 Å². The molecule has 0 unspecified atom stereocenters. The van der Waals surface area contributed by atoms with E-state index in [4.69, 9.17) is 14.1 Å². The molecule has 0 bridgehead atoms. The van der Waals surface area contributed by atoms with Gasteiger partial charge in [0.25, 0.3) is 10.1 Å². The van der Waals surface area contributed by atoms with E-state index >= 15 is 0 Å². The van der Waals surface area contributed by atoms with Crippen LogP contribution < -0.4 is 4.74 Å². The summed E-state index contributed by atoms with van der Waals surface area (Å²) < 4.78 is 46.4. The molecule has 7 aromatic rings. The summed E-state index contributed by atoms with van der Waals surface area (Å²) in [4.78, 5) is 7.57. The van der Waals surface area contributed by atoms with Crippen molar-refractivity contribution in [2.24, 2.45) is 0 Å². The summed E-state index contributed by atoms with van der Waals surface area (Å²) in [5, 5.41) is 13.0. The first-order valence-electron chi connectivity index (χ1n) is 12.0. The lowest BCUT2D eigenvalue weighted by molar-refractivity contribution is 0.418. The highest BCUT2D eigenvalue weighted by molar-refractivity contribution is 7.86. The van der Waals surface area contributed by atoms with Crippen molar-refractivity contribution in [3.05, 3.63) is 84.9 Å². The summed E-state index contributed by atoms with van der Waals surface area (Å²) in [6.07, 6.45) is 0. The fraction of sp³-hybridized carbons (Fsp3) is 0.0333. The van der Waals surface area contributed by atoms with Crippen LogP contribution >= 0.6 is 0 Å². The summed E-state index contributed by atoms with van der Waals surface area (Å²) in [6, 6.07) is 25.2. The zero-order chi connectivity index (χ0) is 26.9. The van der Waals surface area contributed by atoms with Crippen molar-refractivity contribution in [2.75, 3.05) is 7.11 Å². The van der Waals surface area contributed by atoms with E-state index in [-0.39, 0.29) is 21.4 Å². The number of para-hydroxylation sites is 3. The zero-order valence-electron chi connectivity index (χ0n) is 20.5. The summed E-state index contributed by atoms with van der Waals surface area (Å²) >= 11 is 0. The highest BCUT2D eigenvalue weighted by Gasteiger charge is 2.23. The van der Waals surface area contributed by atoms with Crippen molar-refractivity contribution >= 4 is 53.9 Å². The number of aromatic nitrogens is 2. The monoisotopic (exact) mass is 536 g/mol. The van der Waals surface area contributed by atoms with E-state index in [2.05, 4.69) is 4.98 Å². The summed E-state index contributed by atoms with van der Waals surface area (Å²) in [6.45, 7) is 0. The van der Waals surface area contributed by atoms with Crippen molar-refractivity contribution in [3.8, 4) is 34.0 Å². The average Bonchev–Trinajstić information content (AvgIpc) is 3.53. The molecule has 0 saturated heterocycles. The standard InChI is InChI=1S/C30H20N2O6S/c1-37-28-18(19-10-4-8-17-16-7-2-3-14-24(16)38-29(17)19)9-5-12-21(28)30-31-22-15-25(39(34,35)36)20-11-6-13-23(33)26(20)27(22)32-30/h2-15,33H,1H3,(H,31,32)(H,34,35,36). The predicted octanol–water partition coefficient (Wildman–Crippen LogP) is 6.91. The number of ether oxygens (including phenoxy) is 1. The topological polar surface area (TPSA) is 126 Å². The number of aromatic amines is 1. The normalized spacial score (nSPS) is 12.2. The molecular formula is C30H20N2O6S. The first-order chi connectivity index (χ1) is 18.8. The maximum absolute atomic E-state index is 12.2. The van der Waals surface area contributed by atoms with E-state index in [1.54, 1.807) is 7.11 Å². The summed E-state index contributed by atoms with van der Waals surface area (Å²) in [5.74, 6) is 0.781. The van der Waals surface area contributed by atoms with E-state index in [0.717, 1.165) is 33.1 Å². The van der Waals surface area contributed by atoms with E-state index in [1.807, 2.05) is 60.7 Å². The van der Waals surface area contributed by atoms with Crippen molar-refractivity contribution in [3.63, 3.8) is 0 Å². The average molecular weight is 537 g/mol. The number of benzene rings is 5. The van der Waals surface area contributed by atoms with E-state index in [1.165, 1.54) is 24.3 Å². The van der Waals surface area contributed by atoms with Gasteiger partial charge in [-0.25, -0.2) is 4.98 Å². The third-order valence-corrected chi connectivity index (χ3v) is 7.89. The van der Waals surface area contributed by atoms with Gasteiger partial charge < -0.3 is 19.2 Å². The number of rotatable bonds is 4. The number of hydrogen-bond acceptors (Lipinski definition) is 6. The van der Waals surface area contributed by atoms with Crippen molar-refractivity contribution in [2.45, 2.75) is 4.90 Å². The number of nitrogens with one attached hydrogen (secondary N) is 1. The second-order valence-electron chi connectivity index (χ2n) is 9.20. The molecule has 0 saturated carbocycles. The minimum atomic E-state index is -4.57. The van der Waals surface area contributed by atoms with Gasteiger partial charge in [-0.05, 0) is 24.3 Å². The van der Waals surface area contributed by atoms with Crippen LogP contribution in [0.4, 0.5) is 0 Å². The Labute approximate surface area is 221 Å². The Balaban J connectivity index is 1.49. The van der Waals surface area contributed by atoms with E-state index in [9.17, 15) is 18.1 Å². The first kappa shape index (κ1) is 23.3. The molecule has 3 N–H and O–H groups in total. The van der Waals surface area contributed by atoms with Crippen LogP contribution in [-0.2, 0) is 10.1 Å². The molecule has 0 radical (unpaired) electrons. The molecule has 39 heavy (non-hydrogen) atoms. The second kappa shape index (κ2) is 8.32. The molecule has 0 amide bonds. The van der Waals surface area contributed by atoms with Crippen molar-refractivity contribution < 1.29 is 27.2 Å². The Morgan fingerprint density at radius 3 is 2.36 bits per heavy atom. The molecule has 7 rings (SSSR count). The van der Waals surface area contributed by atoms with Gasteiger partial charge in [0.2, 0.25) is 0 Å². The van der Waals surface area contributed by atoms with Gasteiger partial charge >= 0.3 is 0 Å². The van der Waals surface area contributed by atoms with Gasteiger partial charge in [-0.15, -0.1) is 0 Å². The summed E-state index contributed by atoms with van der Waals surface area (Å²) in [5.41, 5.74) is 4.45. The fourth-order valence-electron chi connectivity index (χ4n) is 5.34. The lowest BCUT2D eigenvalue weighted by Gasteiger charge is -2.13. The quantitative estimate of drug-likeness (QED) is 0.209. The molecule has 2 aromatic heterocycles. The minimum absolute atomic E-state index is 0.154. The van der Waals surface area contributed by atoms with Gasteiger partial charge in [0.1, 0.15) is 38.9 Å². The van der Waals surface area contributed by atoms with E-state index in [0.29, 0.717) is 28.2 Å². The number of methoxy groups -OCH3 is 1. The number of fused-ring (bicyclic) bond motifs is 6. The molecule has 9 heteroatoms. The molecule has 5 aromatic carbocycles. The van der Waals surface area contributed by atoms with Gasteiger partial charge in [-0.1, -0.05) is 60.7 Å². The molecule has 192 valence electrons. The van der Waals surface area contributed by atoms with Gasteiger partial charge in [-0.2, -0.15) is 8.42 Å². The molecule has 2 heterocycles. The Morgan fingerprint density at radius 1 is 0.846 bits per heavy atom.